The van der Waals surface area contributed by atoms with Crippen LogP contribution in [-0.4, -0.2) is 0 Å². The van der Waals surface area contributed by atoms with Gasteiger partial charge < -0.3 is 0 Å². The molecular formula is C14H26. The first-order chi connectivity index (χ1) is 6.59. The summed E-state index contributed by atoms with van der Waals surface area (Å²) in [4.78, 5) is 0. The van der Waals surface area contributed by atoms with Crippen LogP contribution in [0.3, 0.4) is 0 Å². The number of rotatable bonds is 2. The second kappa shape index (κ2) is 3.54. The van der Waals surface area contributed by atoms with Gasteiger partial charge in [-0.05, 0) is 54.8 Å². The van der Waals surface area contributed by atoms with E-state index in [1.165, 1.54) is 25.7 Å². The van der Waals surface area contributed by atoms with Crippen LogP contribution in [0, 0.1) is 29.1 Å². The fraction of sp³-hybridized carbons (Fsp3) is 1.00. The third kappa shape index (κ3) is 1.42. The number of hydrogen-bond acceptors (Lipinski definition) is 0. The molecule has 0 amide bonds. The van der Waals surface area contributed by atoms with Crippen LogP contribution < -0.4 is 0 Å². The van der Waals surface area contributed by atoms with E-state index in [9.17, 15) is 0 Å². The van der Waals surface area contributed by atoms with E-state index in [1.807, 2.05) is 0 Å². The van der Waals surface area contributed by atoms with Crippen LogP contribution in [0.1, 0.15) is 59.8 Å². The molecule has 14 heavy (non-hydrogen) atoms. The van der Waals surface area contributed by atoms with Gasteiger partial charge in [0, 0.05) is 0 Å². The van der Waals surface area contributed by atoms with Gasteiger partial charge in [-0.3, -0.25) is 0 Å². The van der Waals surface area contributed by atoms with Gasteiger partial charge in [0.15, 0.2) is 0 Å². The van der Waals surface area contributed by atoms with Crippen LogP contribution in [0.25, 0.3) is 0 Å². The minimum Gasteiger partial charge on any atom is -0.0654 e. The Balaban J connectivity index is 2.19. The van der Waals surface area contributed by atoms with Crippen molar-refractivity contribution in [1.82, 2.24) is 0 Å². The zero-order chi connectivity index (χ0) is 10.3. The maximum Gasteiger partial charge on any atom is -0.0266 e. The van der Waals surface area contributed by atoms with Crippen LogP contribution in [0.4, 0.5) is 0 Å². The SMILES string of the molecule is CCCC12CC(C)C(C1)C(C)CC2C. The van der Waals surface area contributed by atoms with Crippen LogP contribution in [-0.2, 0) is 0 Å². The van der Waals surface area contributed by atoms with Crippen molar-refractivity contribution in [2.75, 3.05) is 0 Å². The summed E-state index contributed by atoms with van der Waals surface area (Å²) in [6.45, 7) is 9.85. The van der Waals surface area contributed by atoms with Crippen LogP contribution in [0.15, 0.2) is 0 Å². The molecule has 2 rings (SSSR count). The summed E-state index contributed by atoms with van der Waals surface area (Å²) in [5.41, 5.74) is 0.755. The summed E-state index contributed by atoms with van der Waals surface area (Å²) < 4.78 is 0. The molecule has 2 saturated carbocycles. The van der Waals surface area contributed by atoms with E-state index in [4.69, 9.17) is 0 Å². The Kier molecular flexibility index (Phi) is 2.66. The summed E-state index contributed by atoms with van der Waals surface area (Å²) in [6, 6.07) is 0. The van der Waals surface area contributed by atoms with Gasteiger partial charge in [-0.25, -0.2) is 0 Å². The van der Waals surface area contributed by atoms with Crippen molar-refractivity contribution in [2.24, 2.45) is 29.1 Å². The molecule has 0 aromatic rings. The Bertz CT molecular complexity index is 208. The highest BCUT2D eigenvalue weighted by atomic mass is 14.6. The molecule has 0 aromatic heterocycles. The van der Waals surface area contributed by atoms with Gasteiger partial charge in [-0.1, -0.05) is 34.1 Å². The van der Waals surface area contributed by atoms with Gasteiger partial charge in [0.1, 0.15) is 0 Å². The summed E-state index contributed by atoms with van der Waals surface area (Å²) in [6.07, 6.45) is 7.44. The monoisotopic (exact) mass is 194 g/mol. The average molecular weight is 194 g/mol. The minimum atomic E-state index is 0.755. The van der Waals surface area contributed by atoms with Crippen LogP contribution in [0.5, 0.6) is 0 Å². The smallest absolute Gasteiger partial charge is 0.0266 e. The van der Waals surface area contributed by atoms with Gasteiger partial charge >= 0.3 is 0 Å². The molecule has 5 unspecified atom stereocenters. The molecular weight excluding hydrogens is 168 g/mol. The number of fused-ring (bicyclic) bond motifs is 2. The highest BCUT2D eigenvalue weighted by Crippen LogP contribution is 2.60. The fourth-order valence-electron chi connectivity index (χ4n) is 4.64. The predicted molar refractivity (Wildman–Crippen MR) is 62.2 cm³/mol. The lowest BCUT2D eigenvalue weighted by molar-refractivity contribution is 0.0811. The molecule has 0 radical (unpaired) electrons. The first-order valence-electron chi connectivity index (χ1n) is 6.59. The molecule has 0 nitrogen and oxygen atoms in total. The molecule has 0 aromatic carbocycles. The van der Waals surface area contributed by atoms with E-state index < -0.39 is 0 Å². The Hall–Kier alpha value is 0. The number of hydrogen-bond donors (Lipinski definition) is 0. The Morgan fingerprint density at radius 3 is 2.43 bits per heavy atom. The summed E-state index contributed by atoms with van der Waals surface area (Å²) in [5.74, 6) is 4.03. The first-order valence-corrected chi connectivity index (χ1v) is 6.59. The zero-order valence-electron chi connectivity index (χ0n) is 10.3. The Morgan fingerprint density at radius 2 is 1.79 bits per heavy atom. The van der Waals surface area contributed by atoms with Gasteiger partial charge in [0.05, 0.1) is 0 Å². The normalized spacial score (nSPS) is 52.3. The van der Waals surface area contributed by atoms with E-state index in [0.717, 1.165) is 29.1 Å². The highest BCUT2D eigenvalue weighted by molar-refractivity contribution is 5.01. The summed E-state index contributed by atoms with van der Waals surface area (Å²) in [5, 5.41) is 0. The molecule has 0 spiro atoms. The molecule has 2 aliphatic carbocycles. The molecule has 2 fully saturated rings. The highest BCUT2D eigenvalue weighted by Gasteiger charge is 2.51. The van der Waals surface area contributed by atoms with E-state index >= 15 is 0 Å². The zero-order valence-corrected chi connectivity index (χ0v) is 10.3. The van der Waals surface area contributed by atoms with Crippen molar-refractivity contribution >= 4 is 0 Å². The van der Waals surface area contributed by atoms with Crippen LogP contribution in [0.2, 0.25) is 0 Å². The Morgan fingerprint density at radius 1 is 1.07 bits per heavy atom. The van der Waals surface area contributed by atoms with Crippen molar-refractivity contribution in [3.8, 4) is 0 Å². The second-order valence-electron chi connectivity index (χ2n) is 6.28. The van der Waals surface area contributed by atoms with E-state index in [2.05, 4.69) is 27.7 Å². The van der Waals surface area contributed by atoms with E-state index in [0.29, 0.717) is 0 Å². The van der Waals surface area contributed by atoms with E-state index in [-0.39, 0.29) is 0 Å². The van der Waals surface area contributed by atoms with Gasteiger partial charge in [0.2, 0.25) is 0 Å². The van der Waals surface area contributed by atoms with Crippen molar-refractivity contribution in [2.45, 2.75) is 59.8 Å². The summed E-state index contributed by atoms with van der Waals surface area (Å²) >= 11 is 0. The molecule has 82 valence electrons. The predicted octanol–water partition coefficient (Wildman–Crippen LogP) is 4.49. The van der Waals surface area contributed by atoms with Gasteiger partial charge in [-0.15, -0.1) is 0 Å². The minimum absolute atomic E-state index is 0.755. The third-order valence-corrected chi connectivity index (χ3v) is 5.35. The van der Waals surface area contributed by atoms with Crippen LogP contribution >= 0.6 is 0 Å². The fourth-order valence-corrected chi connectivity index (χ4v) is 4.64. The molecule has 2 aliphatic rings. The average Bonchev–Trinajstić information content (AvgIpc) is 2.40. The van der Waals surface area contributed by atoms with Crippen molar-refractivity contribution in [1.29, 1.82) is 0 Å². The quantitative estimate of drug-likeness (QED) is 0.607. The van der Waals surface area contributed by atoms with Crippen molar-refractivity contribution < 1.29 is 0 Å². The lowest BCUT2D eigenvalue weighted by Crippen LogP contribution is -2.32. The van der Waals surface area contributed by atoms with Gasteiger partial charge in [0.25, 0.3) is 0 Å². The molecule has 0 aliphatic heterocycles. The topological polar surface area (TPSA) is 0 Å². The maximum absolute atomic E-state index is 2.51. The Labute approximate surface area is 89.5 Å². The first kappa shape index (κ1) is 10.5. The third-order valence-electron chi connectivity index (χ3n) is 5.35. The second-order valence-corrected chi connectivity index (χ2v) is 6.28. The standard InChI is InChI=1S/C14H26/c1-5-6-14-8-11(3)13(9-14)10(2)7-12(14)4/h10-13H,5-9H2,1-4H3. The molecule has 0 saturated heterocycles. The lowest BCUT2D eigenvalue weighted by atomic mass is 9.63. The van der Waals surface area contributed by atoms with Gasteiger partial charge in [-0.2, -0.15) is 0 Å². The van der Waals surface area contributed by atoms with Crippen molar-refractivity contribution in [3.63, 3.8) is 0 Å². The summed E-state index contributed by atoms with van der Waals surface area (Å²) in [7, 11) is 0. The molecule has 0 heterocycles. The molecule has 0 heteroatoms. The molecule has 2 bridgehead atoms. The largest absolute Gasteiger partial charge is 0.0654 e. The maximum atomic E-state index is 2.51. The molecule has 0 N–H and O–H groups in total. The lowest BCUT2D eigenvalue weighted by Gasteiger charge is -2.42. The van der Waals surface area contributed by atoms with Crippen molar-refractivity contribution in [3.05, 3.63) is 0 Å². The molecule has 5 atom stereocenters. The van der Waals surface area contributed by atoms with E-state index in [1.54, 1.807) is 6.42 Å².